The Morgan fingerprint density at radius 1 is 1.33 bits per heavy atom. The average Bonchev–Trinajstić information content (AvgIpc) is 2.79. The van der Waals surface area contributed by atoms with Gasteiger partial charge in [0.1, 0.15) is 11.2 Å². The largest absolute Gasteiger partial charge is 0.341 e. The highest BCUT2D eigenvalue weighted by Crippen LogP contribution is 2.42. The maximum absolute atomic E-state index is 9.31. The molecular weight excluding hydrogens is 290 g/mol. The van der Waals surface area contributed by atoms with Crippen molar-refractivity contribution in [3.8, 4) is 17.3 Å². The summed E-state index contributed by atoms with van der Waals surface area (Å²) in [5, 5.41) is 9.31. The van der Waals surface area contributed by atoms with Gasteiger partial charge >= 0.3 is 0 Å². The van der Waals surface area contributed by atoms with E-state index >= 15 is 0 Å². The van der Waals surface area contributed by atoms with Gasteiger partial charge in [-0.15, -0.1) is 0 Å². The summed E-state index contributed by atoms with van der Waals surface area (Å²) in [5.41, 5.74) is 1.65. The van der Waals surface area contributed by atoms with E-state index in [1.165, 1.54) is 0 Å². The summed E-state index contributed by atoms with van der Waals surface area (Å²) in [4.78, 5) is 7.70. The van der Waals surface area contributed by atoms with E-state index in [4.69, 9.17) is 0 Å². The maximum Gasteiger partial charge on any atom is 0.127 e. The third-order valence-electron chi connectivity index (χ3n) is 3.61. The van der Waals surface area contributed by atoms with Crippen molar-refractivity contribution < 1.29 is 0 Å². The molecule has 1 heterocycles. The Hall–Kier alpha value is -1.60. The molecule has 0 amide bonds. The number of nitriles is 1. The second kappa shape index (κ2) is 4.25. The molecule has 0 bridgehead atoms. The van der Waals surface area contributed by atoms with Crippen molar-refractivity contribution in [2.45, 2.75) is 24.7 Å². The third-order valence-corrected chi connectivity index (χ3v) is 4.31. The van der Waals surface area contributed by atoms with Gasteiger partial charge in [-0.05, 0) is 25.3 Å². The normalized spacial score (nSPS) is 16.9. The molecule has 2 aromatic rings. The fraction of sp³-hybridized carbons (Fsp3) is 0.286. The molecule has 0 aliphatic heterocycles. The number of hydrogen-bond acceptors (Lipinski definition) is 2. The molecule has 1 N–H and O–H groups in total. The van der Waals surface area contributed by atoms with Crippen LogP contribution in [0.1, 0.15) is 25.1 Å². The minimum Gasteiger partial charge on any atom is -0.341 e. The van der Waals surface area contributed by atoms with Crippen molar-refractivity contribution in [2.24, 2.45) is 0 Å². The predicted octanol–water partition coefficient (Wildman–Crippen LogP) is 3.78. The Morgan fingerprint density at radius 3 is 2.72 bits per heavy atom. The first-order valence-electron chi connectivity index (χ1n) is 5.97. The van der Waals surface area contributed by atoms with Crippen LogP contribution in [0, 0.1) is 11.3 Å². The standard InChI is InChI=1S/C14H12BrN3/c15-11-5-2-1-4-10(11)12-8-17-13(18-12)14(9-16)6-3-7-14/h1-2,4-5,8H,3,6-7H2,(H,17,18). The first-order chi connectivity index (χ1) is 8.75. The fourth-order valence-corrected chi connectivity index (χ4v) is 2.81. The summed E-state index contributed by atoms with van der Waals surface area (Å²) >= 11 is 3.53. The van der Waals surface area contributed by atoms with Crippen LogP contribution in [0.15, 0.2) is 34.9 Å². The van der Waals surface area contributed by atoms with Crippen LogP contribution >= 0.6 is 15.9 Å². The highest BCUT2D eigenvalue weighted by atomic mass is 79.9. The molecule has 0 atom stereocenters. The topological polar surface area (TPSA) is 52.5 Å². The number of nitrogens with one attached hydrogen (secondary N) is 1. The highest BCUT2D eigenvalue weighted by Gasteiger charge is 2.41. The molecule has 0 spiro atoms. The van der Waals surface area contributed by atoms with Gasteiger partial charge in [-0.3, -0.25) is 0 Å². The van der Waals surface area contributed by atoms with Crippen LogP contribution in [0.4, 0.5) is 0 Å². The summed E-state index contributed by atoms with van der Waals surface area (Å²) in [6.07, 6.45) is 4.74. The number of H-pyrrole nitrogens is 1. The van der Waals surface area contributed by atoms with Crippen LogP contribution in [0.3, 0.4) is 0 Å². The van der Waals surface area contributed by atoms with Crippen molar-refractivity contribution >= 4 is 15.9 Å². The van der Waals surface area contributed by atoms with Crippen LogP contribution in [0.2, 0.25) is 0 Å². The van der Waals surface area contributed by atoms with Gasteiger partial charge < -0.3 is 4.98 Å². The van der Waals surface area contributed by atoms with E-state index in [1.807, 2.05) is 30.5 Å². The molecule has 3 nitrogen and oxygen atoms in total. The van der Waals surface area contributed by atoms with Crippen LogP contribution in [-0.2, 0) is 5.41 Å². The Balaban J connectivity index is 2.00. The molecule has 1 aliphatic carbocycles. The summed E-state index contributed by atoms with van der Waals surface area (Å²) < 4.78 is 1.03. The Kier molecular flexibility index (Phi) is 2.71. The second-order valence-corrected chi connectivity index (χ2v) is 5.53. The quantitative estimate of drug-likeness (QED) is 0.917. The number of nitrogens with zero attached hydrogens (tertiary/aromatic N) is 2. The number of aromatic nitrogens is 2. The highest BCUT2D eigenvalue weighted by molar-refractivity contribution is 9.10. The van der Waals surface area contributed by atoms with Gasteiger partial charge in [-0.1, -0.05) is 34.1 Å². The molecule has 1 aromatic heterocycles. The molecule has 0 saturated heterocycles. The van der Waals surface area contributed by atoms with Crippen LogP contribution < -0.4 is 0 Å². The molecule has 90 valence electrons. The van der Waals surface area contributed by atoms with Crippen molar-refractivity contribution in [2.75, 3.05) is 0 Å². The van der Waals surface area contributed by atoms with E-state index in [0.29, 0.717) is 0 Å². The number of benzene rings is 1. The molecular formula is C14H12BrN3. The molecule has 1 saturated carbocycles. The average molecular weight is 302 g/mol. The van der Waals surface area contributed by atoms with Gasteiger partial charge in [-0.2, -0.15) is 5.26 Å². The van der Waals surface area contributed by atoms with E-state index in [2.05, 4.69) is 32.0 Å². The molecule has 0 unspecified atom stereocenters. The summed E-state index contributed by atoms with van der Waals surface area (Å²) in [6, 6.07) is 10.4. The number of hydrogen-bond donors (Lipinski definition) is 1. The van der Waals surface area contributed by atoms with Gasteiger partial charge in [0.15, 0.2) is 0 Å². The lowest BCUT2D eigenvalue weighted by Crippen LogP contribution is -2.33. The van der Waals surface area contributed by atoms with E-state index in [-0.39, 0.29) is 5.41 Å². The Morgan fingerprint density at radius 2 is 2.11 bits per heavy atom. The van der Waals surface area contributed by atoms with Gasteiger partial charge in [0.25, 0.3) is 0 Å². The zero-order valence-electron chi connectivity index (χ0n) is 9.78. The SMILES string of the molecule is N#CC1(c2ncc(-c3ccccc3Br)[nH]2)CCC1. The lowest BCUT2D eigenvalue weighted by atomic mass is 9.69. The van der Waals surface area contributed by atoms with E-state index in [9.17, 15) is 5.26 Å². The van der Waals surface area contributed by atoms with Crippen LogP contribution in [0.5, 0.6) is 0 Å². The number of imidazole rings is 1. The van der Waals surface area contributed by atoms with Gasteiger partial charge in [0.2, 0.25) is 0 Å². The summed E-state index contributed by atoms with van der Waals surface area (Å²) in [5.74, 6) is 0.807. The van der Waals surface area contributed by atoms with Gasteiger partial charge in [-0.25, -0.2) is 4.98 Å². The van der Waals surface area contributed by atoms with E-state index in [1.54, 1.807) is 0 Å². The molecule has 0 radical (unpaired) electrons. The van der Waals surface area contributed by atoms with Crippen molar-refractivity contribution in [3.63, 3.8) is 0 Å². The molecule has 4 heteroatoms. The molecule has 1 aliphatic rings. The first-order valence-corrected chi connectivity index (χ1v) is 6.76. The van der Waals surface area contributed by atoms with Crippen molar-refractivity contribution in [1.29, 1.82) is 5.26 Å². The third kappa shape index (κ3) is 1.67. The number of aromatic amines is 1. The fourth-order valence-electron chi connectivity index (χ4n) is 2.31. The lowest BCUT2D eigenvalue weighted by Gasteiger charge is -2.32. The zero-order chi connectivity index (χ0) is 12.6. The molecule has 1 fully saturated rings. The van der Waals surface area contributed by atoms with Gasteiger partial charge in [0, 0.05) is 10.0 Å². The molecule has 1 aromatic carbocycles. The first kappa shape index (κ1) is 11.5. The smallest absolute Gasteiger partial charge is 0.127 e. The van der Waals surface area contributed by atoms with Crippen LogP contribution in [0.25, 0.3) is 11.3 Å². The van der Waals surface area contributed by atoms with Crippen molar-refractivity contribution in [1.82, 2.24) is 9.97 Å². The lowest BCUT2D eigenvalue weighted by molar-refractivity contribution is 0.309. The minimum absolute atomic E-state index is 0.375. The molecule has 18 heavy (non-hydrogen) atoms. The minimum atomic E-state index is -0.375. The second-order valence-electron chi connectivity index (χ2n) is 4.67. The number of rotatable bonds is 2. The summed E-state index contributed by atoms with van der Waals surface area (Å²) in [6.45, 7) is 0. The number of halogens is 1. The zero-order valence-corrected chi connectivity index (χ0v) is 11.4. The predicted molar refractivity (Wildman–Crippen MR) is 72.9 cm³/mol. The summed E-state index contributed by atoms with van der Waals surface area (Å²) in [7, 11) is 0. The van der Waals surface area contributed by atoms with Crippen molar-refractivity contribution in [3.05, 3.63) is 40.8 Å². The monoisotopic (exact) mass is 301 g/mol. The van der Waals surface area contributed by atoms with E-state index < -0.39 is 0 Å². The van der Waals surface area contributed by atoms with Gasteiger partial charge in [0.05, 0.1) is 18.0 Å². The van der Waals surface area contributed by atoms with E-state index in [0.717, 1.165) is 40.8 Å². The van der Waals surface area contributed by atoms with Crippen LogP contribution in [-0.4, -0.2) is 9.97 Å². The Labute approximate surface area is 114 Å². The molecule has 3 rings (SSSR count). The Bertz CT molecular complexity index is 620. The maximum atomic E-state index is 9.31.